The van der Waals surface area contributed by atoms with E-state index in [9.17, 15) is 9.18 Å². The van der Waals surface area contributed by atoms with E-state index in [0.29, 0.717) is 18.2 Å². The molecule has 1 aliphatic heterocycles. The van der Waals surface area contributed by atoms with Crippen molar-refractivity contribution in [2.75, 3.05) is 45.2 Å². The number of benzene rings is 2. The Bertz CT molecular complexity index is 968. The van der Waals surface area contributed by atoms with Gasteiger partial charge in [0, 0.05) is 32.7 Å². The van der Waals surface area contributed by atoms with Crippen LogP contribution >= 0.6 is 11.3 Å². The highest BCUT2D eigenvalue weighted by atomic mass is 32.1. The van der Waals surface area contributed by atoms with Crippen molar-refractivity contribution >= 4 is 32.6 Å². The lowest BCUT2D eigenvalue weighted by atomic mass is 10.2. The Morgan fingerprint density at radius 3 is 2.66 bits per heavy atom. The third-order valence-corrected chi connectivity index (χ3v) is 5.95. The van der Waals surface area contributed by atoms with E-state index < -0.39 is 0 Å². The van der Waals surface area contributed by atoms with Crippen molar-refractivity contribution in [1.29, 1.82) is 0 Å². The number of anilines is 1. The lowest BCUT2D eigenvalue weighted by Gasteiger charge is -2.34. The molecule has 2 heterocycles. The Labute approximate surface area is 172 Å². The average molecular weight is 415 g/mol. The summed E-state index contributed by atoms with van der Waals surface area (Å²) in [6.07, 6.45) is 0. The highest BCUT2D eigenvalue weighted by molar-refractivity contribution is 7.22. The van der Waals surface area contributed by atoms with Gasteiger partial charge in [-0.3, -0.25) is 14.6 Å². The Morgan fingerprint density at radius 1 is 1.17 bits per heavy atom. The first-order valence-corrected chi connectivity index (χ1v) is 10.3. The number of halogens is 1. The zero-order chi connectivity index (χ0) is 20.2. The van der Waals surface area contributed by atoms with Gasteiger partial charge in [-0.2, -0.15) is 0 Å². The zero-order valence-corrected chi connectivity index (χ0v) is 17.0. The number of rotatable bonds is 6. The fraction of sp³-hybridized carbons (Fsp3) is 0.333. The van der Waals surface area contributed by atoms with Gasteiger partial charge in [0.05, 0.1) is 23.9 Å². The molecule has 0 aliphatic carbocycles. The van der Waals surface area contributed by atoms with Crippen LogP contribution in [-0.4, -0.2) is 60.5 Å². The van der Waals surface area contributed by atoms with Crippen LogP contribution in [0, 0.1) is 5.82 Å². The minimum Gasteiger partial charge on any atom is -0.494 e. The van der Waals surface area contributed by atoms with Crippen LogP contribution in [0.1, 0.15) is 5.56 Å². The van der Waals surface area contributed by atoms with Crippen LogP contribution in [0.2, 0.25) is 0 Å². The highest BCUT2D eigenvalue weighted by Crippen LogP contribution is 2.25. The fourth-order valence-corrected chi connectivity index (χ4v) is 4.34. The number of amides is 1. The second-order valence-corrected chi connectivity index (χ2v) is 8.09. The molecule has 152 valence electrons. The molecule has 1 aromatic heterocycles. The summed E-state index contributed by atoms with van der Waals surface area (Å²) in [6, 6.07) is 12.9. The van der Waals surface area contributed by atoms with Crippen LogP contribution in [0.5, 0.6) is 5.75 Å². The van der Waals surface area contributed by atoms with Crippen molar-refractivity contribution in [3.63, 3.8) is 0 Å². The standard InChI is InChI=1S/C21H23FN4O2S/c1-28-18-7-6-15(12-16(18)22)13-25-8-10-26(11-9-25)14-20(27)24-21-23-17-4-2-3-5-19(17)29-21/h2-7,12H,8-11,13-14H2,1H3,(H,23,24,27). The first-order valence-electron chi connectivity index (χ1n) is 9.53. The van der Waals surface area contributed by atoms with Gasteiger partial charge in [-0.25, -0.2) is 9.37 Å². The number of carbonyl (C=O) groups excluding carboxylic acids is 1. The van der Waals surface area contributed by atoms with Gasteiger partial charge < -0.3 is 10.1 Å². The summed E-state index contributed by atoms with van der Waals surface area (Å²) in [5, 5.41) is 3.54. The van der Waals surface area contributed by atoms with Gasteiger partial charge in [0.15, 0.2) is 16.7 Å². The molecule has 29 heavy (non-hydrogen) atoms. The summed E-state index contributed by atoms with van der Waals surface area (Å²) in [5.74, 6) is -0.123. The molecular formula is C21H23FN4O2S. The van der Waals surface area contributed by atoms with Gasteiger partial charge in [-0.1, -0.05) is 29.5 Å². The van der Waals surface area contributed by atoms with Gasteiger partial charge in [0.25, 0.3) is 0 Å². The SMILES string of the molecule is COc1ccc(CN2CCN(CC(=O)Nc3nc4ccccc4s3)CC2)cc1F. The number of nitrogens with zero attached hydrogens (tertiary/aromatic N) is 3. The second kappa shape index (κ2) is 8.86. The Kier molecular flexibility index (Phi) is 6.03. The van der Waals surface area contributed by atoms with Crippen molar-refractivity contribution < 1.29 is 13.9 Å². The number of methoxy groups -OCH3 is 1. The van der Waals surface area contributed by atoms with E-state index >= 15 is 0 Å². The minimum absolute atomic E-state index is 0.0465. The summed E-state index contributed by atoms with van der Waals surface area (Å²) in [5.41, 5.74) is 1.82. The maximum absolute atomic E-state index is 13.9. The van der Waals surface area contributed by atoms with Crippen LogP contribution in [0.25, 0.3) is 10.2 Å². The van der Waals surface area contributed by atoms with E-state index in [1.165, 1.54) is 24.5 Å². The summed E-state index contributed by atoms with van der Waals surface area (Å²) in [4.78, 5) is 21.2. The summed E-state index contributed by atoms with van der Waals surface area (Å²) in [7, 11) is 1.46. The molecule has 0 radical (unpaired) electrons. The maximum Gasteiger partial charge on any atom is 0.240 e. The molecule has 8 heteroatoms. The lowest BCUT2D eigenvalue weighted by molar-refractivity contribution is -0.117. The molecule has 0 atom stereocenters. The fourth-order valence-electron chi connectivity index (χ4n) is 3.46. The molecular weight excluding hydrogens is 391 g/mol. The van der Waals surface area contributed by atoms with Gasteiger partial charge in [-0.05, 0) is 29.8 Å². The largest absolute Gasteiger partial charge is 0.494 e. The summed E-state index contributed by atoms with van der Waals surface area (Å²) >= 11 is 1.48. The average Bonchev–Trinajstić information content (AvgIpc) is 3.11. The van der Waals surface area contributed by atoms with Crippen molar-refractivity contribution in [2.24, 2.45) is 0 Å². The normalized spacial score (nSPS) is 15.5. The number of nitrogens with one attached hydrogen (secondary N) is 1. The monoisotopic (exact) mass is 414 g/mol. The van der Waals surface area contributed by atoms with Crippen molar-refractivity contribution in [1.82, 2.24) is 14.8 Å². The minimum atomic E-state index is -0.338. The first kappa shape index (κ1) is 19.8. The third-order valence-electron chi connectivity index (χ3n) is 4.99. The van der Waals surface area contributed by atoms with Crippen LogP contribution in [0.15, 0.2) is 42.5 Å². The maximum atomic E-state index is 13.9. The number of ether oxygens (including phenoxy) is 1. The van der Waals surface area contributed by atoms with E-state index in [4.69, 9.17) is 4.74 Å². The van der Waals surface area contributed by atoms with Crippen molar-refractivity contribution in [3.05, 3.63) is 53.8 Å². The van der Waals surface area contributed by atoms with Gasteiger partial charge in [0.1, 0.15) is 0 Å². The highest BCUT2D eigenvalue weighted by Gasteiger charge is 2.20. The molecule has 6 nitrogen and oxygen atoms in total. The quantitative estimate of drug-likeness (QED) is 0.671. The molecule has 4 rings (SSSR count). The van der Waals surface area contributed by atoms with Gasteiger partial charge >= 0.3 is 0 Å². The number of hydrogen-bond acceptors (Lipinski definition) is 6. The smallest absolute Gasteiger partial charge is 0.240 e. The molecule has 1 saturated heterocycles. The van der Waals surface area contributed by atoms with E-state index in [0.717, 1.165) is 42.0 Å². The number of thiazole rings is 1. The number of aromatic nitrogens is 1. The first-order chi connectivity index (χ1) is 14.1. The number of para-hydroxylation sites is 1. The number of piperazine rings is 1. The molecule has 1 amide bonds. The van der Waals surface area contributed by atoms with Crippen LogP contribution in [0.4, 0.5) is 9.52 Å². The van der Waals surface area contributed by atoms with E-state index in [1.807, 2.05) is 30.3 Å². The van der Waals surface area contributed by atoms with Gasteiger partial charge in [-0.15, -0.1) is 0 Å². The third kappa shape index (κ3) is 4.90. The predicted molar refractivity (Wildman–Crippen MR) is 113 cm³/mol. The van der Waals surface area contributed by atoms with Gasteiger partial charge in [0.2, 0.25) is 5.91 Å². The molecule has 1 fully saturated rings. The van der Waals surface area contributed by atoms with E-state index in [-0.39, 0.29) is 17.5 Å². The molecule has 2 aromatic carbocycles. The molecule has 0 spiro atoms. The topological polar surface area (TPSA) is 57.7 Å². The van der Waals surface area contributed by atoms with Crippen molar-refractivity contribution in [2.45, 2.75) is 6.54 Å². The molecule has 1 aliphatic rings. The Morgan fingerprint density at radius 2 is 1.93 bits per heavy atom. The van der Waals surface area contributed by atoms with Crippen LogP contribution in [0.3, 0.4) is 0 Å². The number of fused-ring (bicyclic) bond motifs is 1. The molecule has 0 unspecified atom stereocenters. The van der Waals surface area contributed by atoms with Crippen LogP contribution in [-0.2, 0) is 11.3 Å². The van der Waals surface area contributed by atoms with Crippen molar-refractivity contribution in [3.8, 4) is 5.75 Å². The zero-order valence-electron chi connectivity index (χ0n) is 16.2. The molecule has 0 saturated carbocycles. The summed E-state index contributed by atoms with van der Waals surface area (Å²) < 4.78 is 19.9. The Hall–Kier alpha value is -2.55. The Balaban J connectivity index is 1.25. The van der Waals surface area contributed by atoms with E-state index in [1.54, 1.807) is 6.07 Å². The summed E-state index contributed by atoms with van der Waals surface area (Å²) in [6.45, 7) is 4.30. The molecule has 0 bridgehead atoms. The number of carbonyl (C=O) groups is 1. The molecule has 1 N–H and O–H groups in total. The van der Waals surface area contributed by atoms with E-state index in [2.05, 4.69) is 20.1 Å². The lowest BCUT2D eigenvalue weighted by Crippen LogP contribution is -2.48. The second-order valence-electron chi connectivity index (χ2n) is 7.06. The van der Waals surface area contributed by atoms with Crippen LogP contribution < -0.4 is 10.1 Å². The molecule has 3 aromatic rings. The predicted octanol–water partition coefficient (Wildman–Crippen LogP) is 3.20. The number of hydrogen-bond donors (Lipinski definition) is 1.